The smallest absolute Gasteiger partial charge is 0.289 e. The summed E-state index contributed by atoms with van der Waals surface area (Å²) >= 11 is 0. The molecule has 1 aromatic carbocycles. The standard InChI is InChI=1S/C13H15N3O2/c1-9(6-10-2-3-10)15-12-5-4-11(8-14)13(7-12)16(17)18/h4-5,7,9-10,15H,2-3,6H2,1H3. The van der Waals surface area contributed by atoms with Gasteiger partial charge in [0.1, 0.15) is 11.6 Å². The lowest BCUT2D eigenvalue weighted by atomic mass is 10.1. The highest BCUT2D eigenvalue weighted by molar-refractivity contribution is 5.59. The Morgan fingerprint density at radius 3 is 2.89 bits per heavy atom. The number of nitrogens with zero attached hydrogens (tertiary/aromatic N) is 2. The Morgan fingerprint density at radius 1 is 1.61 bits per heavy atom. The van der Waals surface area contributed by atoms with E-state index >= 15 is 0 Å². The van der Waals surface area contributed by atoms with Crippen LogP contribution >= 0.6 is 0 Å². The molecule has 94 valence electrons. The van der Waals surface area contributed by atoms with E-state index in [9.17, 15) is 10.1 Å². The quantitative estimate of drug-likeness (QED) is 0.638. The molecular formula is C13H15N3O2. The highest BCUT2D eigenvalue weighted by Crippen LogP contribution is 2.34. The van der Waals surface area contributed by atoms with Gasteiger partial charge >= 0.3 is 0 Å². The van der Waals surface area contributed by atoms with Gasteiger partial charge in [0.05, 0.1) is 4.92 Å². The minimum absolute atomic E-state index is 0.0976. The highest BCUT2D eigenvalue weighted by atomic mass is 16.6. The van der Waals surface area contributed by atoms with Gasteiger partial charge in [-0.1, -0.05) is 12.8 Å². The second kappa shape index (κ2) is 5.05. The molecule has 1 saturated carbocycles. The predicted molar refractivity (Wildman–Crippen MR) is 68.2 cm³/mol. The van der Waals surface area contributed by atoms with Gasteiger partial charge in [0.15, 0.2) is 0 Å². The maximum absolute atomic E-state index is 10.8. The van der Waals surface area contributed by atoms with E-state index in [0.717, 1.165) is 12.3 Å². The highest BCUT2D eigenvalue weighted by Gasteiger charge is 2.23. The second-order valence-corrected chi connectivity index (χ2v) is 4.83. The van der Waals surface area contributed by atoms with Gasteiger partial charge in [0.25, 0.3) is 5.69 Å². The topological polar surface area (TPSA) is 79.0 Å². The number of anilines is 1. The van der Waals surface area contributed by atoms with Crippen molar-refractivity contribution in [3.05, 3.63) is 33.9 Å². The molecule has 2 rings (SSSR count). The lowest BCUT2D eigenvalue weighted by molar-refractivity contribution is -0.385. The van der Waals surface area contributed by atoms with E-state index in [1.807, 2.05) is 6.07 Å². The van der Waals surface area contributed by atoms with Crippen molar-refractivity contribution in [2.24, 2.45) is 5.92 Å². The molecule has 1 aromatic rings. The van der Waals surface area contributed by atoms with E-state index in [1.54, 1.807) is 6.07 Å². The number of benzene rings is 1. The zero-order valence-electron chi connectivity index (χ0n) is 10.2. The Labute approximate surface area is 106 Å². The van der Waals surface area contributed by atoms with E-state index in [2.05, 4.69) is 12.2 Å². The van der Waals surface area contributed by atoms with Crippen molar-refractivity contribution < 1.29 is 4.92 Å². The summed E-state index contributed by atoms with van der Waals surface area (Å²) in [5, 5.41) is 22.9. The Hall–Kier alpha value is -2.09. The summed E-state index contributed by atoms with van der Waals surface area (Å²) in [6.07, 6.45) is 3.67. The van der Waals surface area contributed by atoms with Gasteiger partial charge in [-0.25, -0.2) is 0 Å². The van der Waals surface area contributed by atoms with Crippen LogP contribution in [0, 0.1) is 27.4 Å². The van der Waals surface area contributed by atoms with Crippen molar-refractivity contribution in [2.75, 3.05) is 5.32 Å². The third-order valence-corrected chi connectivity index (χ3v) is 3.11. The minimum atomic E-state index is -0.519. The average Bonchev–Trinajstić information content (AvgIpc) is 3.12. The first-order chi connectivity index (χ1) is 8.60. The van der Waals surface area contributed by atoms with Crippen LogP contribution in [-0.4, -0.2) is 11.0 Å². The molecule has 0 heterocycles. The molecule has 0 aromatic heterocycles. The molecule has 18 heavy (non-hydrogen) atoms. The fraction of sp³-hybridized carbons (Fsp3) is 0.462. The van der Waals surface area contributed by atoms with Crippen molar-refractivity contribution in [1.82, 2.24) is 0 Å². The summed E-state index contributed by atoms with van der Waals surface area (Å²) in [4.78, 5) is 10.3. The molecule has 0 saturated heterocycles. The number of nitriles is 1. The number of nitrogens with one attached hydrogen (secondary N) is 1. The molecule has 1 aliphatic rings. The molecule has 0 radical (unpaired) electrons. The second-order valence-electron chi connectivity index (χ2n) is 4.83. The molecule has 5 heteroatoms. The summed E-state index contributed by atoms with van der Waals surface area (Å²) < 4.78 is 0. The van der Waals surface area contributed by atoms with E-state index in [1.165, 1.54) is 25.0 Å². The molecule has 0 amide bonds. The van der Waals surface area contributed by atoms with Gasteiger partial charge in [-0.15, -0.1) is 0 Å². The molecule has 1 N–H and O–H groups in total. The summed E-state index contributed by atoms with van der Waals surface area (Å²) in [7, 11) is 0. The number of nitro groups is 1. The molecule has 1 aliphatic carbocycles. The van der Waals surface area contributed by atoms with Crippen LogP contribution in [-0.2, 0) is 0 Å². The summed E-state index contributed by atoms with van der Waals surface area (Å²) in [6, 6.07) is 6.77. The number of hydrogen-bond acceptors (Lipinski definition) is 4. The van der Waals surface area contributed by atoms with Crippen LogP contribution < -0.4 is 5.32 Å². The van der Waals surface area contributed by atoms with Gasteiger partial charge in [-0.3, -0.25) is 10.1 Å². The fourth-order valence-electron chi connectivity index (χ4n) is 2.06. The van der Waals surface area contributed by atoms with Gasteiger partial charge in [0.2, 0.25) is 0 Å². The lowest BCUT2D eigenvalue weighted by Crippen LogP contribution is -2.15. The molecule has 0 spiro atoms. The van der Waals surface area contributed by atoms with Crippen LogP contribution in [0.15, 0.2) is 18.2 Å². The van der Waals surface area contributed by atoms with Crippen LogP contribution in [0.25, 0.3) is 0 Å². The van der Waals surface area contributed by atoms with Crippen molar-refractivity contribution >= 4 is 11.4 Å². The zero-order valence-corrected chi connectivity index (χ0v) is 10.2. The summed E-state index contributed by atoms with van der Waals surface area (Å²) in [5.74, 6) is 0.806. The summed E-state index contributed by atoms with van der Waals surface area (Å²) in [6.45, 7) is 2.07. The Balaban J connectivity index is 2.10. The van der Waals surface area contributed by atoms with E-state index in [0.29, 0.717) is 11.7 Å². The van der Waals surface area contributed by atoms with Crippen molar-refractivity contribution in [2.45, 2.75) is 32.2 Å². The van der Waals surface area contributed by atoms with Crippen LogP contribution in [0.3, 0.4) is 0 Å². The SMILES string of the molecule is CC(CC1CC1)Nc1ccc(C#N)c([N+](=O)[O-])c1. The first-order valence-corrected chi connectivity index (χ1v) is 6.05. The molecule has 1 fully saturated rings. The van der Waals surface area contributed by atoms with Gasteiger partial charge in [0, 0.05) is 17.8 Å². The van der Waals surface area contributed by atoms with Gasteiger partial charge in [-0.05, 0) is 31.4 Å². The van der Waals surface area contributed by atoms with Crippen LogP contribution in [0.4, 0.5) is 11.4 Å². The Bertz CT molecular complexity index is 503. The van der Waals surface area contributed by atoms with Gasteiger partial charge in [-0.2, -0.15) is 5.26 Å². The lowest BCUT2D eigenvalue weighted by Gasteiger charge is -2.14. The molecule has 0 bridgehead atoms. The largest absolute Gasteiger partial charge is 0.382 e. The molecule has 5 nitrogen and oxygen atoms in total. The number of nitro benzene ring substituents is 1. The normalized spacial score (nSPS) is 15.8. The Kier molecular flexibility index (Phi) is 3.47. The van der Waals surface area contributed by atoms with E-state index in [4.69, 9.17) is 5.26 Å². The number of hydrogen-bond donors (Lipinski definition) is 1. The fourth-order valence-corrected chi connectivity index (χ4v) is 2.06. The third kappa shape index (κ3) is 2.98. The zero-order chi connectivity index (χ0) is 13.1. The maximum Gasteiger partial charge on any atom is 0.289 e. The number of rotatable bonds is 5. The first-order valence-electron chi connectivity index (χ1n) is 6.05. The van der Waals surface area contributed by atoms with Crippen LogP contribution in [0.5, 0.6) is 0 Å². The third-order valence-electron chi connectivity index (χ3n) is 3.11. The van der Waals surface area contributed by atoms with Crippen LogP contribution in [0.1, 0.15) is 31.7 Å². The molecular weight excluding hydrogens is 230 g/mol. The van der Waals surface area contributed by atoms with Gasteiger partial charge < -0.3 is 5.32 Å². The maximum atomic E-state index is 10.8. The van der Waals surface area contributed by atoms with Crippen molar-refractivity contribution in [1.29, 1.82) is 5.26 Å². The monoisotopic (exact) mass is 245 g/mol. The summed E-state index contributed by atoms with van der Waals surface area (Å²) in [5.41, 5.74) is 0.662. The van der Waals surface area contributed by atoms with Crippen LogP contribution in [0.2, 0.25) is 0 Å². The van der Waals surface area contributed by atoms with E-state index < -0.39 is 4.92 Å². The Morgan fingerprint density at radius 2 is 2.33 bits per heavy atom. The van der Waals surface area contributed by atoms with Crippen molar-refractivity contribution in [3.8, 4) is 6.07 Å². The minimum Gasteiger partial charge on any atom is -0.382 e. The first kappa shape index (κ1) is 12.4. The van der Waals surface area contributed by atoms with E-state index in [-0.39, 0.29) is 11.3 Å². The van der Waals surface area contributed by atoms with Crippen molar-refractivity contribution in [3.63, 3.8) is 0 Å². The predicted octanol–water partition coefficient (Wildman–Crippen LogP) is 3.07. The molecule has 1 unspecified atom stereocenters. The molecule has 0 aliphatic heterocycles. The molecule has 1 atom stereocenters. The average molecular weight is 245 g/mol.